The van der Waals surface area contributed by atoms with Crippen molar-refractivity contribution in [3.8, 4) is 0 Å². The largest absolute Gasteiger partial charge is 0.319 e. The summed E-state index contributed by atoms with van der Waals surface area (Å²) in [6, 6.07) is 6.82. The molecule has 3 unspecified atom stereocenters. The van der Waals surface area contributed by atoms with Crippen LogP contribution in [0.4, 0.5) is 4.39 Å². The van der Waals surface area contributed by atoms with E-state index in [-0.39, 0.29) is 5.82 Å². The van der Waals surface area contributed by atoms with E-state index in [2.05, 4.69) is 24.6 Å². The molecule has 0 amide bonds. The molecule has 0 saturated heterocycles. The second kappa shape index (κ2) is 7.97. The van der Waals surface area contributed by atoms with Crippen LogP contribution in [0.5, 0.6) is 0 Å². The Kier molecular flexibility index (Phi) is 5.93. The van der Waals surface area contributed by atoms with E-state index in [1.165, 1.54) is 38.5 Å². The SMILES string of the molecule is CNCC(C)(CCC1C2CCCCC21)CNCc1ccc(F)cc1. The molecule has 0 radical (unpaired) electrons. The number of rotatable bonds is 9. The van der Waals surface area contributed by atoms with Gasteiger partial charge in [0.05, 0.1) is 0 Å². The lowest BCUT2D eigenvalue weighted by atomic mass is 9.83. The van der Waals surface area contributed by atoms with Crippen molar-refractivity contribution in [3.05, 3.63) is 35.6 Å². The Labute approximate surface area is 146 Å². The van der Waals surface area contributed by atoms with Gasteiger partial charge >= 0.3 is 0 Å². The van der Waals surface area contributed by atoms with Gasteiger partial charge in [0.25, 0.3) is 0 Å². The predicted octanol–water partition coefficient (Wildman–Crippen LogP) is 4.36. The summed E-state index contributed by atoms with van der Waals surface area (Å²) in [5.41, 5.74) is 1.44. The zero-order valence-electron chi connectivity index (χ0n) is 15.3. The lowest BCUT2D eigenvalue weighted by Gasteiger charge is -2.30. The Morgan fingerprint density at radius 1 is 1.08 bits per heavy atom. The first-order valence-electron chi connectivity index (χ1n) is 9.71. The Morgan fingerprint density at radius 3 is 2.38 bits per heavy atom. The van der Waals surface area contributed by atoms with Gasteiger partial charge in [-0.25, -0.2) is 4.39 Å². The van der Waals surface area contributed by atoms with Crippen molar-refractivity contribution in [2.75, 3.05) is 20.1 Å². The summed E-state index contributed by atoms with van der Waals surface area (Å²) in [6.45, 7) is 5.26. The molecule has 0 aliphatic heterocycles. The van der Waals surface area contributed by atoms with Crippen molar-refractivity contribution >= 4 is 0 Å². The lowest BCUT2D eigenvalue weighted by Crippen LogP contribution is -2.39. The number of hydrogen-bond donors (Lipinski definition) is 2. The maximum absolute atomic E-state index is 13.0. The summed E-state index contributed by atoms with van der Waals surface area (Å²) in [6.07, 6.45) is 8.59. The minimum atomic E-state index is -0.162. The summed E-state index contributed by atoms with van der Waals surface area (Å²) < 4.78 is 13.0. The maximum Gasteiger partial charge on any atom is 0.123 e. The molecule has 0 aromatic heterocycles. The Morgan fingerprint density at radius 2 is 1.75 bits per heavy atom. The number of hydrogen-bond acceptors (Lipinski definition) is 2. The van der Waals surface area contributed by atoms with Gasteiger partial charge in [0.15, 0.2) is 0 Å². The van der Waals surface area contributed by atoms with Crippen LogP contribution in [0.3, 0.4) is 0 Å². The molecule has 2 fully saturated rings. The second-order valence-corrected chi connectivity index (χ2v) is 8.39. The predicted molar refractivity (Wildman–Crippen MR) is 98.3 cm³/mol. The molecule has 2 aliphatic rings. The van der Waals surface area contributed by atoms with Crippen LogP contribution >= 0.6 is 0 Å². The smallest absolute Gasteiger partial charge is 0.123 e. The van der Waals surface area contributed by atoms with E-state index in [0.29, 0.717) is 5.41 Å². The molecule has 0 bridgehead atoms. The van der Waals surface area contributed by atoms with Crippen LogP contribution in [-0.2, 0) is 6.54 Å². The van der Waals surface area contributed by atoms with Crippen LogP contribution in [0, 0.1) is 29.0 Å². The molecule has 0 spiro atoms. The second-order valence-electron chi connectivity index (χ2n) is 8.39. The number of benzene rings is 1. The van der Waals surface area contributed by atoms with Crippen molar-refractivity contribution < 1.29 is 4.39 Å². The van der Waals surface area contributed by atoms with Gasteiger partial charge in [-0.05, 0) is 73.6 Å². The lowest BCUT2D eigenvalue weighted by molar-refractivity contribution is 0.257. The molecule has 2 N–H and O–H groups in total. The third kappa shape index (κ3) is 4.58. The highest BCUT2D eigenvalue weighted by molar-refractivity contribution is 5.15. The topological polar surface area (TPSA) is 24.1 Å². The van der Waals surface area contributed by atoms with Gasteiger partial charge in [-0.15, -0.1) is 0 Å². The van der Waals surface area contributed by atoms with E-state index in [4.69, 9.17) is 0 Å². The van der Waals surface area contributed by atoms with E-state index in [0.717, 1.165) is 43.0 Å². The van der Waals surface area contributed by atoms with Gasteiger partial charge in [0.1, 0.15) is 5.82 Å². The zero-order chi connectivity index (χ0) is 17.0. The molecule has 134 valence electrons. The highest BCUT2D eigenvalue weighted by atomic mass is 19.1. The normalized spacial score (nSPS) is 28.2. The molecule has 2 aliphatic carbocycles. The number of halogens is 1. The molecule has 2 nitrogen and oxygen atoms in total. The fourth-order valence-electron chi connectivity index (χ4n) is 4.86. The summed E-state index contributed by atoms with van der Waals surface area (Å²) in [4.78, 5) is 0. The Bertz CT molecular complexity index is 503. The first kappa shape index (κ1) is 17.9. The van der Waals surface area contributed by atoms with Crippen LogP contribution < -0.4 is 10.6 Å². The summed E-state index contributed by atoms with van der Waals surface area (Å²) in [7, 11) is 2.05. The molecular weight excluding hydrogens is 299 g/mol. The van der Waals surface area contributed by atoms with E-state index in [9.17, 15) is 4.39 Å². The first-order valence-corrected chi connectivity index (χ1v) is 9.71. The third-order valence-corrected chi connectivity index (χ3v) is 6.31. The number of nitrogens with one attached hydrogen (secondary N) is 2. The molecule has 1 aromatic rings. The molecule has 3 heteroatoms. The molecule has 1 aromatic carbocycles. The minimum absolute atomic E-state index is 0.162. The molecule has 24 heavy (non-hydrogen) atoms. The highest BCUT2D eigenvalue weighted by Crippen LogP contribution is 2.58. The molecule has 3 atom stereocenters. The van der Waals surface area contributed by atoms with Crippen LogP contribution in [0.1, 0.15) is 51.0 Å². The van der Waals surface area contributed by atoms with Crippen molar-refractivity contribution in [2.24, 2.45) is 23.2 Å². The van der Waals surface area contributed by atoms with Gasteiger partial charge < -0.3 is 10.6 Å². The number of fused-ring (bicyclic) bond motifs is 1. The van der Waals surface area contributed by atoms with E-state index in [1.54, 1.807) is 12.1 Å². The standard InChI is InChI=1S/C21H33FN2/c1-21(14-23-2,12-11-20-18-5-3-4-6-19(18)20)15-24-13-16-7-9-17(22)10-8-16/h7-10,18-20,23-24H,3-6,11-15H2,1-2H3. The fraction of sp³-hybridized carbons (Fsp3) is 0.714. The van der Waals surface area contributed by atoms with Gasteiger partial charge in [-0.3, -0.25) is 0 Å². The molecule has 3 rings (SSSR count). The van der Waals surface area contributed by atoms with E-state index >= 15 is 0 Å². The summed E-state index contributed by atoms with van der Waals surface area (Å²) >= 11 is 0. The van der Waals surface area contributed by atoms with Crippen LogP contribution in [0.2, 0.25) is 0 Å². The van der Waals surface area contributed by atoms with Crippen LogP contribution in [0.15, 0.2) is 24.3 Å². The van der Waals surface area contributed by atoms with Gasteiger partial charge in [0, 0.05) is 19.6 Å². The first-order chi connectivity index (χ1) is 11.6. The molecular formula is C21H33FN2. The Balaban J connectivity index is 1.44. The average molecular weight is 333 g/mol. The monoisotopic (exact) mass is 332 g/mol. The zero-order valence-corrected chi connectivity index (χ0v) is 15.3. The van der Waals surface area contributed by atoms with Gasteiger partial charge in [0.2, 0.25) is 0 Å². The van der Waals surface area contributed by atoms with Crippen molar-refractivity contribution in [1.82, 2.24) is 10.6 Å². The van der Waals surface area contributed by atoms with E-state index < -0.39 is 0 Å². The van der Waals surface area contributed by atoms with Crippen LogP contribution in [-0.4, -0.2) is 20.1 Å². The average Bonchev–Trinajstić information content (AvgIpc) is 3.29. The van der Waals surface area contributed by atoms with Gasteiger partial charge in [-0.1, -0.05) is 31.9 Å². The quantitative estimate of drug-likeness (QED) is 0.702. The minimum Gasteiger partial charge on any atom is -0.319 e. The molecule has 2 saturated carbocycles. The van der Waals surface area contributed by atoms with Gasteiger partial charge in [-0.2, -0.15) is 0 Å². The van der Waals surface area contributed by atoms with E-state index in [1.807, 2.05) is 12.1 Å². The highest BCUT2D eigenvalue weighted by Gasteiger charge is 2.50. The van der Waals surface area contributed by atoms with Crippen LogP contribution in [0.25, 0.3) is 0 Å². The summed E-state index contributed by atoms with van der Waals surface area (Å²) in [5, 5.41) is 6.97. The summed E-state index contributed by atoms with van der Waals surface area (Å²) in [5.74, 6) is 2.97. The van der Waals surface area contributed by atoms with Crippen molar-refractivity contribution in [2.45, 2.75) is 52.0 Å². The van der Waals surface area contributed by atoms with Crippen molar-refractivity contribution in [3.63, 3.8) is 0 Å². The maximum atomic E-state index is 13.0. The molecule has 0 heterocycles. The Hall–Kier alpha value is -0.930. The third-order valence-electron chi connectivity index (χ3n) is 6.31. The van der Waals surface area contributed by atoms with Crippen molar-refractivity contribution in [1.29, 1.82) is 0 Å². The fourth-order valence-corrected chi connectivity index (χ4v) is 4.86.